The first kappa shape index (κ1) is 31.5. The molecule has 44 heavy (non-hydrogen) atoms. The van der Waals surface area contributed by atoms with E-state index in [1.165, 1.54) is 42.5 Å². The Bertz CT molecular complexity index is 1570. The molecule has 1 aliphatic carbocycles. The van der Waals surface area contributed by atoms with Gasteiger partial charge in [0, 0.05) is 48.1 Å². The zero-order valence-electron chi connectivity index (χ0n) is 24.0. The summed E-state index contributed by atoms with van der Waals surface area (Å²) in [6.07, 6.45) is -0.300. The average molecular weight is 630 g/mol. The number of anilines is 2. The number of alkyl halides is 3. The lowest BCUT2D eigenvalue weighted by Crippen LogP contribution is -2.39. The maximum absolute atomic E-state index is 13.2. The fraction of sp³-hybridized carbons (Fsp3) is 0.375. The fourth-order valence-corrected chi connectivity index (χ4v) is 6.80. The molecule has 12 heteroatoms. The highest BCUT2D eigenvalue weighted by atomic mass is 32.2. The third-order valence-corrected chi connectivity index (χ3v) is 9.57. The molecular formula is C32H34F3N3O5S. The van der Waals surface area contributed by atoms with Crippen molar-refractivity contribution in [1.29, 1.82) is 0 Å². The van der Waals surface area contributed by atoms with Gasteiger partial charge in [-0.1, -0.05) is 43.5 Å². The second-order valence-electron chi connectivity index (χ2n) is 11.2. The Morgan fingerprint density at radius 3 is 2.11 bits per heavy atom. The van der Waals surface area contributed by atoms with E-state index in [2.05, 4.69) is 20.3 Å². The van der Waals surface area contributed by atoms with Gasteiger partial charge in [-0.2, -0.15) is 0 Å². The smallest absolute Gasteiger partial charge is 0.405 e. The zero-order valence-corrected chi connectivity index (χ0v) is 24.8. The average Bonchev–Trinajstić information content (AvgIpc) is 3.00. The minimum Gasteiger partial charge on any atom is -0.405 e. The standard InChI is InChI=1S/C32H34F3N3O5S/c33-32(34,35)43-29-15-14-27(37-30(39)24-4-2-1-3-5-24)20-28(29)23-8-10-25(11-9-23)31(40)36-26-12-6-22(7-13-26)21-38-16-18-44(41,42)19-17-38/h6-15,20,24H,1-5,16-19,21H2,(H,36,40)(H,37,39). The van der Waals surface area contributed by atoms with E-state index in [1.807, 2.05) is 12.1 Å². The molecule has 1 saturated heterocycles. The predicted octanol–water partition coefficient (Wildman–Crippen LogP) is 6.25. The highest BCUT2D eigenvalue weighted by Gasteiger charge is 2.32. The number of hydrogen-bond donors (Lipinski definition) is 2. The summed E-state index contributed by atoms with van der Waals surface area (Å²) in [5.41, 5.74) is 2.71. The summed E-state index contributed by atoms with van der Waals surface area (Å²) in [4.78, 5) is 27.7. The van der Waals surface area contributed by atoms with Crippen LogP contribution < -0.4 is 15.4 Å². The number of rotatable bonds is 8. The molecule has 0 atom stereocenters. The van der Waals surface area contributed by atoms with Gasteiger partial charge in [0.05, 0.1) is 11.5 Å². The Kier molecular flexibility index (Phi) is 9.59. The first-order valence-corrected chi connectivity index (χ1v) is 16.4. The normalized spacial score (nSPS) is 17.5. The molecule has 1 saturated carbocycles. The van der Waals surface area contributed by atoms with Gasteiger partial charge in [0.2, 0.25) is 5.91 Å². The number of benzene rings is 3. The Morgan fingerprint density at radius 2 is 1.48 bits per heavy atom. The lowest BCUT2D eigenvalue weighted by molar-refractivity contribution is -0.274. The number of carbonyl (C=O) groups is 2. The topological polar surface area (TPSA) is 105 Å². The first-order chi connectivity index (χ1) is 20.9. The second kappa shape index (κ2) is 13.4. The number of ether oxygens (including phenoxy) is 1. The molecule has 0 radical (unpaired) electrons. The molecule has 1 heterocycles. The second-order valence-corrected chi connectivity index (χ2v) is 13.5. The van der Waals surface area contributed by atoms with Crippen LogP contribution in [0.25, 0.3) is 11.1 Å². The minimum absolute atomic E-state index is 0.122. The number of carbonyl (C=O) groups excluding carboxylic acids is 2. The van der Waals surface area contributed by atoms with Gasteiger partial charge in [-0.3, -0.25) is 14.5 Å². The van der Waals surface area contributed by atoms with Crippen LogP contribution in [0.15, 0.2) is 66.7 Å². The van der Waals surface area contributed by atoms with Crippen molar-refractivity contribution in [3.63, 3.8) is 0 Å². The quantitative estimate of drug-likeness (QED) is 0.305. The van der Waals surface area contributed by atoms with Crippen molar-refractivity contribution in [1.82, 2.24) is 4.90 Å². The number of nitrogens with one attached hydrogen (secondary N) is 2. The van der Waals surface area contributed by atoms with Crippen molar-refractivity contribution in [2.75, 3.05) is 35.2 Å². The van der Waals surface area contributed by atoms with E-state index in [0.717, 1.165) is 37.7 Å². The minimum atomic E-state index is -4.91. The molecule has 0 unspecified atom stereocenters. The summed E-state index contributed by atoms with van der Waals surface area (Å²) in [6, 6.07) is 17.3. The van der Waals surface area contributed by atoms with E-state index in [4.69, 9.17) is 0 Å². The largest absolute Gasteiger partial charge is 0.573 e. The summed E-state index contributed by atoms with van der Waals surface area (Å²) in [5.74, 6) is -0.787. The van der Waals surface area contributed by atoms with Gasteiger partial charge in [0.15, 0.2) is 9.84 Å². The van der Waals surface area contributed by atoms with Gasteiger partial charge in [-0.15, -0.1) is 13.2 Å². The summed E-state index contributed by atoms with van der Waals surface area (Å²) < 4.78 is 67.1. The van der Waals surface area contributed by atoms with Crippen molar-refractivity contribution in [2.45, 2.75) is 45.0 Å². The molecule has 8 nitrogen and oxygen atoms in total. The van der Waals surface area contributed by atoms with Crippen molar-refractivity contribution in [3.8, 4) is 16.9 Å². The summed E-state index contributed by atoms with van der Waals surface area (Å²) in [6.45, 7) is 1.58. The first-order valence-electron chi connectivity index (χ1n) is 14.6. The molecule has 2 fully saturated rings. The van der Waals surface area contributed by atoms with E-state index in [1.54, 1.807) is 12.1 Å². The van der Waals surface area contributed by atoms with Crippen molar-refractivity contribution in [3.05, 3.63) is 77.9 Å². The SMILES string of the molecule is O=C(Nc1ccc(CN2CCS(=O)(=O)CC2)cc1)c1ccc(-c2cc(NC(=O)C3CCCCC3)ccc2OC(F)(F)F)cc1. The number of amides is 2. The van der Waals surface area contributed by atoms with Crippen LogP contribution in [-0.4, -0.2) is 56.1 Å². The summed E-state index contributed by atoms with van der Waals surface area (Å²) in [5, 5.41) is 5.64. The Morgan fingerprint density at radius 1 is 0.841 bits per heavy atom. The number of sulfone groups is 1. The van der Waals surface area contributed by atoms with Gasteiger partial charge < -0.3 is 15.4 Å². The Balaban J connectivity index is 1.25. The van der Waals surface area contributed by atoms with Crippen LogP contribution in [-0.2, 0) is 21.2 Å². The zero-order chi connectivity index (χ0) is 31.3. The van der Waals surface area contributed by atoms with Gasteiger partial charge >= 0.3 is 6.36 Å². The van der Waals surface area contributed by atoms with E-state index in [-0.39, 0.29) is 28.9 Å². The van der Waals surface area contributed by atoms with Crippen molar-refractivity contribution < 1.29 is 35.9 Å². The van der Waals surface area contributed by atoms with Gasteiger partial charge in [0.25, 0.3) is 5.91 Å². The van der Waals surface area contributed by atoms with Crippen LogP contribution in [0.1, 0.15) is 48.0 Å². The van der Waals surface area contributed by atoms with Crippen molar-refractivity contribution in [2.24, 2.45) is 5.92 Å². The van der Waals surface area contributed by atoms with E-state index in [0.29, 0.717) is 42.1 Å². The van der Waals surface area contributed by atoms with E-state index < -0.39 is 27.9 Å². The predicted molar refractivity (Wildman–Crippen MR) is 162 cm³/mol. The maximum atomic E-state index is 13.2. The van der Waals surface area contributed by atoms with Crippen LogP contribution >= 0.6 is 0 Å². The highest BCUT2D eigenvalue weighted by Crippen LogP contribution is 2.36. The third kappa shape index (κ3) is 8.60. The number of nitrogens with zero attached hydrogens (tertiary/aromatic N) is 1. The lowest BCUT2D eigenvalue weighted by atomic mass is 9.88. The van der Waals surface area contributed by atoms with E-state index in [9.17, 15) is 31.2 Å². The summed E-state index contributed by atoms with van der Waals surface area (Å²) in [7, 11) is -2.95. The maximum Gasteiger partial charge on any atom is 0.573 e. The van der Waals surface area contributed by atoms with Crippen LogP contribution in [0.3, 0.4) is 0 Å². The Hall–Kier alpha value is -3.90. The van der Waals surface area contributed by atoms with Crippen LogP contribution in [0.2, 0.25) is 0 Å². The molecule has 5 rings (SSSR count). The fourth-order valence-electron chi connectivity index (χ4n) is 5.52. The van der Waals surface area contributed by atoms with Crippen molar-refractivity contribution >= 4 is 33.0 Å². The highest BCUT2D eigenvalue weighted by molar-refractivity contribution is 7.91. The van der Waals surface area contributed by atoms with E-state index >= 15 is 0 Å². The van der Waals surface area contributed by atoms with Gasteiger partial charge in [-0.05, 0) is 66.4 Å². The molecule has 0 spiro atoms. The third-order valence-electron chi connectivity index (χ3n) is 7.96. The lowest BCUT2D eigenvalue weighted by Gasteiger charge is -2.26. The molecule has 0 bridgehead atoms. The molecule has 234 valence electrons. The van der Waals surface area contributed by atoms with Crippen LogP contribution in [0.4, 0.5) is 24.5 Å². The molecule has 3 aromatic rings. The molecule has 2 aliphatic rings. The molecular weight excluding hydrogens is 595 g/mol. The summed E-state index contributed by atoms with van der Waals surface area (Å²) >= 11 is 0. The van der Waals surface area contributed by atoms with Crippen LogP contribution in [0, 0.1) is 5.92 Å². The van der Waals surface area contributed by atoms with Gasteiger partial charge in [-0.25, -0.2) is 8.42 Å². The number of halogens is 3. The molecule has 2 amide bonds. The monoisotopic (exact) mass is 629 g/mol. The number of hydrogen-bond acceptors (Lipinski definition) is 6. The Labute approximate surface area is 254 Å². The molecule has 0 aromatic heterocycles. The molecule has 2 N–H and O–H groups in total. The van der Waals surface area contributed by atoms with Crippen LogP contribution in [0.5, 0.6) is 5.75 Å². The molecule has 1 aliphatic heterocycles. The van der Waals surface area contributed by atoms with Gasteiger partial charge in [0.1, 0.15) is 5.75 Å². The molecule has 3 aromatic carbocycles.